The van der Waals surface area contributed by atoms with Gasteiger partial charge in [-0.2, -0.15) is 0 Å². The summed E-state index contributed by atoms with van der Waals surface area (Å²) in [6.07, 6.45) is 0.610. The van der Waals surface area contributed by atoms with E-state index in [1.807, 2.05) is 6.07 Å². The van der Waals surface area contributed by atoms with Crippen LogP contribution >= 0.6 is 22.9 Å². The average Bonchev–Trinajstić information content (AvgIpc) is 2.83. The van der Waals surface area contributed by atoms with E-state index in [1.165, 1.54) is 29.5 Å². The number of hydrogen-bond acceptors (Lipinski definition) is 5. The van der Waals surface area contributed by atoms with Gasteiger partial charge in [0.05, 0.1) is 9.26 Å². The lowest BCUT2D eigenvalue weighted by Crippen LogP contribution is -2.26. The van der Waals surface area contributed by atoms with Crippen LogP contribution < -0.4 is 11.1 Å². The molecule has 0 aliphatic rings. The molecule has 0 fully saturated rings. The SMILES string of the molecule is Nc1cccc(C(=O)NCCc2ccc(Cl)s2)c1[N+](=O)[O-]. The lowest BCUT2D eigenvalue weighted by molar-refractivity contribution is -0.384. The summed E-state index contributed by atoms with van der Waals surface area (Å²) in [5, 5.41) is 13.6. The van der Waals surface area contributed by atoms with Gasteiger partial charge < -0.3 is 11.1 Å². The third kappa shape index (κ3) is 3.71. The van der Waals surface area contributed by atoms with Crippen molar-refractivity contribution < 1.29 is 9.72 Å². The second-order valence-electron chi connectivity index (χ2n) is 4.21. The Morgan fingerprint density at radius 2 is 2.14 bits per heavy atom. The van der Waals surface area contributed by atoms with E-state index in [9.17, 15) is 14.9 Å². The summed E-state index contributed by atoms with van der Waals surface area (Å²) >= 11 is 7.24. The molecule has 2 rings (SSSR count). The Morgan fingerprint density at radius 1 is 1.38 bits per heavy atom. The van der Waals surface area contributed by atoms with E-state index in [0.717, 1.165) is 4.88 Å². The number of carbonyl (C=O) groups excluding carboxylic acids is 1. The van der Waals surface area contributed by atoms with Crippen LogP contribution in [0.15, 0.2) is 30.3 Å². The number of thiophene rings is 1. The Hall–Kier alpha value is -2.12. The van der Waals surface area contributed by atoms with Crippen LogP contribution in [0, 0.1) is 10.1 Å². The van der Waals surface area contributed by atoms with E-state index < -0.39 is 10.8 Å². The molecule has 2 aromatic rings. The molecule has 0 unspecified atom stereocenters. The second kappa shape index (κ2) is 6.55. The molecular formula is C13H12ClN3O3S. The standard InChI is InChI=1S/C13H12ClN3O3S/c14-11-5-4-8(21-11)6-7-16-13(18)9-2-1-3-10(15)12(9)17(19)20/h1-5H,6-7,15H2,(H,16,18). The van der Waals surface area contributed by atoms with Crippen LogP contribution in [0.3, 0.4) is 0 Å². The fourth-order valence-corrected chi connectivity index (χ4v) is 2.92. The highest BCUT2D eigenvalue weighted by atomic mass is 35.5. The van der Waals surface area contributed by atoms with Crippen LogP contribution in [-0.2, 0) is 6.42 Å². The lowest BCUT2D eigenvalue weighted by atomic mass is 10.1. The third-order valence-corrected chi connectivity index (χ3v) is 4.07. The number of nitrogen functional groups attached to an aromatic ring is 1. The number of nitro groups is 1. The molecule has 0 saturated heterocycles. The highest BCUT2D eigenvalue weighted by molar-refractivity contribution is 7.16. The number of nitrogens with zero attached hydrogens (tertiary/aromatic N) is 1. The van der Waals surface area contributed by atoms with Gasteiger partial charge in [-0.15, -0.1) is 11.3 Å². The summed E-state index contributed by atoms with van der Waals surface area (Å²) < 4.78 is 0.683. The van der Waals surface area contributed by atoms with Gasteiger partial charge in [0, 0.05) is 11.4 Å². The van der Waals surface area contributed by atoms with Gasteiger partial charge in [-0.1, -0.05) is 17.7 Å². The first-order valence-electron chi connectivity index (χ1n) is 6.04. The number of hydrogen-bond donors (Lipinski definition) is 2. The zero-order valence-electron chi connectivity index (χ0n) is 10.8. The van der Waals surface area contributed by atoms with E-state index in [4.69, 9.17) is 17.3 Å². The normalized spacial score (nSPS) is 10.3. The summed E-state index contributed by atoms with van der Waals surface area (Å²) in [5.41, 5.74) is 5.11. The first-order chi connectivity index (χ1) is 9.99. The molecule has 1 heterocycles. The number of anilines is 1. The smallest absolute Gasteiger partial charge is 0.304 e. The second-order valence-corrected chi connectivity index (χ2v) is 6.01. The molecular weight excluding hydrogens is 314 g/mol. The van der Waals surface area contributed by atoms with Crippen molar-refractivity contribution in [1.82, 2.24) is 5.32 Å². The van der Waals surface area contributed by atoms with Gasteiger partial charge in [0.25, 0.3) is 5.91 Å². The van der Waals surface area contributed by atoms with Crippen molar-refractivity contribution in [3.63, 3.8) is 0 Å². The van der Waals surface area contributed by atoms with E-state index in [2.05, 4.69) is 5.32 Å². The van der Waals surface area contributed by atoms with Crippen LogP contribution in [0.1, 0.15) is 15.2 Å². The predicted octanol–water partition coefficient (Wildman–Crippen LogP) is 2.86. The molecule has 0 atom stereocenters. The minimum atomic E-state index is -0.650. The van der Waals surface area contributed by atoms with Gasteiger partial charge in [-0.3, -0.25) is 14.9 Å². The number of para-hydroxylation sites is 1. The van der Waals surface area contributed by atoms with Crippen molar-refractivity contribution in [2.24, 2.45) is 0 Å². The van der Waals surface area contributed by atoms with Gasteiger partial charge in [0.2, 0.25) is 0 Å². The summed E-state index contributed by atoms with van der Waals surface area (Å²) in [4.78, 5) is 23.4. The largest absolute Gasteiger partial charge is 0.393 e. The van der Waals surface area contributed by atoms with E-state index >= 15 is 0 Å². The van der Waals surface area contributed by atoms with Crippen LogP contribution in [0.2, 0.25) is 4.34 Å². The Balaban J connectivity index is 2.04. The Morgan fingerprint density at radius 3 is 2.76 bits per heavy atom. The summed E-state index contributed by atoms with van der Waals surface area (Å²) in [6.45, 7) is 0.363. The zero-order valence-corrected chi connectivity index (χ0v) is 12.4. The molecule has 0 aliphatic carbocycles. The quantitative estimate of drug-likeness (QED) is 0.501. The monoisotopic (exact) mass is 325 g/mol. The van der Waals surface area contributed by atoms with E-state index in [0.29, 0.717) is 17.3 Å². The molecule has 3 N–H and O–H groups in total. The van der Waals surface area contributed by atoms with Gasteiger partial charge in [-0.25, -0.2) is 0 Å². The van der Waals surface area contributed by atoms with E-state index in [-0.39, 0.29) is 16.9 Å². The molecule has 0 bridgehead atoms. The number of nitro benzene ring substituents is 1. The highest BCUT2D eigenvalue weighted by Gasteiger charge is 2.22. The molecule has 8 heteroatoms. The number of nitrogens with two attached hydrogens (primary N) is 1. The van der Waals surface area contributed by atoms with Gasteiger partial charge in [0.1, 0.15) is 11.3 Å². The zero-order chi connectivity index (χ0) is 15.4. The number of rotatable bonds is 5. The molecule has 0 radical (unpaired) electrons. The molecule has 1 aromatic carbocycles. The average molecular weight is 326 g/mol. The lowest BCUT2D eigenvalue weighted by Gasteiger charge is -2.06. The van der Waals surface area contributed by atoms with Crippen molar-refractivity contribution >= 4 is 40.2 Å². The minimum absolute atomic E-state index is 0.0299. The van der Waals surface area contributed by atoms with Crippen LogP contribution in [0.25, 0.3) is 0 Å². The van der Waals surface area contributed by atoms with Crippen LogP contribution in [0.5, 0.6) is 0 Å². The molecule has 0 aliphatic heterocycles. The highest BCUT2D eigenvalue weighted by Crippen LogP contribution is 2.26. The first kappa shape index (κ1) is 15.3. The summed E-state index contributed by atoms with van der Waals surface area (Å²) in [7, 11) is 0. The maximum absolute atomic E-state index is 12.0. The number of benzene rings is 1. The molecule has 1 aromatic heterocycles. The Kier molecular flexibility index (Phi) is 4.77. The first-order valence-corrected chi connectivity index (χ1v) is 7.24. The topological polar surface area (TPSA) is 98.3 Å². The third-order valence-electron chi connectivity index (χ3n) is 2.78. The summed E-state index contributed by atoms with van der Waals surface area (Å²) in [5.74, 6) is -0.517. The number of amides is 1. The van der Waals surface area contributed by atoms with Crippen LogP contribution in [0.4, 0.5) is 11.4 Å². The minimum Gasteiger partial charge on any atom is -0.393 e. The van der Waals surface area contributed by atoms with Crippen molar-refractivity contribution in [2.75, 3.05) is 12.3 Å². The maximum Gasteiger partial charge on any atom is 0.304 e. The summed E-state index contributed by atoms with van der Waals surface area (Å²) in [6, 6.07) is 7.94. The van der Waals surface area contributed by atoms with Crippen LogP contribution in [-0.4, -0.2) is 17.4 Å². The van der Waals surface area contributed by atoms with Crippen molar-refractivity contribution in [3.8, 4) is 0 Å². The van der Waals surface area contributed by atoms with E-state index in [1.54, 1.807) is 6.07 Å². The van der Waals surface area contributed by atoms with Crippen molar-refractivity contribution in [1.29, 1.82) is 0 Å². The molecule has 0 spiro atoms. The van der Waals surface area contributed by atoms with Gasteiger partial charge in [-0.05, 0) is 30.7 Å². The Bertz CT molecular complexity index is 687. The number of halogens is 1. The molecule has 1 amide bonds. The number of nitrogens with one attached hydrogen (secondary N) is 1. The van der Waals surface area contributed by atoms with Gasteiger partial charge in [0.15, 0.2) is 0 Å². The fourth-order valence-electron chi connectivity index (χ4n) is 1.83. The van der Waals surface area contributed by atoms with Crippen molar-refractivity contribution in [3.05, 3.63) is 55.2 Å². The maximum atomic E-state index is 12.0. The fraction of sp³-hybridized carbons (Fsp3) is 0.154. The predicted molar refractivity (Wildman–Crippen MR) is 82.9 cm³/mol. The number of carbonyl (C=O) groups is 1. The molecule has 6 nitrogen and oxygen atoms in total. The molecule has 110 valence electrons. The Labute approximate surface area is 129 Å². The van der Waals surface area contributed by atoms with Gasteiger partial charge >= 0.3 is 5.69 Å². The molecule has 0 saturated carbocycles. The molecule has 21 heavy (non-hydrogen) atoms. The van der Waals surface area contributed by atoms with Crippen molar-refractivity contribution in [2.45, 2.75) is 6.42 Å².